The number of imide groups is 1. The van der Waals surface area contributed by atoms with Gasteiger partial charge in [0.15, 0.2) is 0 Å². The van der Waals surface area contributed by atoms with E-state index in [1.807, 2.05) is 6.08 Å². The van der Waals surface area contributed by atoms with E-state index < -0.39 is 0 Å². The minimum atomic E-state index is 0.0127. The molecule has 3 heteroatoms. The van der Waals surface area contributed by atoms with E-state index in [9.17, 15) is 9.59 Å². The van der Waals surface area contributed by atoms with Crippen molar-refractivity contribution in [2.75, 3.05) is 0 Å². The molecule has 2 amide bonds. The van der Waals surface area contributed by atoms with Crippen LogP contribution in [-0.4, -0.2) is 22.8 Å². The van der Waals surface area contributed by atoms with Gasteiger partial charge in [0.1, 0.15) is 0 Å². The molecule has 1 saturated carbocycles. The first-order chi connectivity index (χ1) is 7.24. The average molecular weight is 207 g/mol. The minimum Gasteiger partial charge on any atom is -0.279 e. The molecule has 1 saturated heterocycles. The van der Waals surface area contributed by atoms with E-state index in [4.69, 9.17) is 0 Å². The molecule has 0 aromatic rings. The first-order valence-corrected chi connectivity index (χ1v) is 5.71. The lowest BCUT2D eigenvalue weighted by atomic mass is 9.83. The van der Waals surface area contributed by atoms with E-state index in [-0.39, 0.29) is 17.9 Å². The number of nitrogens with zero attached hydrogens (tertiary/aromatic N) is 1. The second kappa shape index (κ2) is 4.17. The predicted molar refractivity (Wildman–Crippen MR) is 57.0 cm³/mol. The normalized spacial score (nSPS) is 32.1. The third-order valence-electron chi connectivity index (χ3n) is 3.51. The maximum atomic E-state index is 11.6. The molecule has 2 fully saturated rings. The Morgan fingerprint density at radius 2 is 1.73 bits per heavy atom. The zero-order valence-electron chi connectivity index (χ0n) is 8.95. The number of rotatable bonds is 2. The Morgan fingerprint density at radius 1 is 1.13 bits per heavy atom. The van der Waals surface area contributed by atoms with Crippen molar-refractivity contribution in [3.8, 4) is 0 Å². The summed E-state index contributed by atoms with van der Waals surface area (Å²) in [6.07, 6.45) is 7.02. The lowest BCUT2D eigenvalue weighted by molar-refractivity contribution is -0.142. The molecule has 0 aromatic carbocycles. The van der Waals surface area contributed by atoms with Crippen molar-refractivity contribution in [2.45, 2.75) is 44.6 Å². The lowest BCUT2D eigenvalue weighted by Crippen LogP contribution is -2.44. The van der Waals surface area contributed by atoms with Gasteiger partial charge in [-0.1, -0.05) is 18.9 Å². The molecule has 1 heterocycles. The molecule has 0 bridgehead atoms. The van der Waals surface area contributed by atoms with Crippen LogP contribution < -0.4 is 0 Å². The molecular weight excluding hydrogens is 190 g/mol. The van der Waals surface area contributed by atoms with Gasteiger partial charge < -0.3 is 0 Å². The fourth-order valence-electron chi connectivity index (χ4n) is 2.70. The van der Waals surface area contributed by atoms with Crippen LogP contribution in [-0.2, 0) is 9.59 Å². The fraction of sp³-hybridized carbons (Fsp3) is 0.667. The van der Waals surface area contributed by atoms with Gasteiger partial charge in [0, 0.05) is 18.9 Å². The standard InChI is InChI=1S/C12H17NO2/c1-2-9-5-3-4-6-10(9)13-11(14)7-8-12(13)15/h2,9-10H,1,3-8H2/t9-,10+/m0/s1. The Bertz CT molecular complexity index is 282. The summed E-state index contributed by atoms with van der Waals surface area (Å²) >= 11 is 0. The van der Waals surface area contributed by atoms with Crippen LogP contribution in [0.15, 0.2) is 12.7 Å². The second-order valence-electron chi connectivity index (χ2n) is 4.41. The van der Waals surface area contributed by atoms with E-state index in [1.165, 1.54) is 11.3 Å². The Labute approximate surface area is 90.1 Å². The first-order valence-electron chi connectivity index (χ1n) is 5.71. The summed E-state index contributed by atoms with van der Waals surface area (Å²) in [7, 11) is 0. The highest BCUT2D eigenvalue weighted by Crippen LogP contribution is 2.32. The van der Waals surface area contributed by atoms with Gasteiger partial charge in [-0.05, 0) is 18.8 Å². The van der Waals surface area contributed by atoms with E-state index in [0.29, 0.717) is 18.8 Å². The van der Waals surface area contributed by atoms with Gasteiger partial charge in [0.2, 0.25) is 11.8 Å². The van der Waals surface area contributed by atoms with Crippen molar-refractivity contribution >= 4 is 11.8 Å². The van der Waals surface area contributed by atoms with Crippen LogP contribution in [0, 0.1) is 5.92 Å². The van der Waals surface area contributed by atoms with Gasteiger partial charge >= 0.3 is 0 Å². The van der Waals surface area contributed by atoms with Crippen LogP contribution >= 0.6 is 0 Å². The Kier molecular flexibility index (Phi) is 2.89. The molecular formula is C12H17NO2. The molecule has 2 atom stereocenters. The van der Waals surface area contributed by atoms with Crippen molar-refractivity contribution < 1.29 is 9.59 Å². The molecule has 0 spiro atoms. The summed E-state index contributed by atoms with van der Waals surface area (Å²) in [6, 6.07) is 0.0961. The molecule has 3 nitrogen and oxygen atoms in total. The Balaban J connectivity index is 2.16. The lowest BCUT2D eigenvalue weighted by Gasteiger charge is -2.35. The number of carbonyl (C=O) groups excluding carboxylic acids is 2. The molecule has 0 N–H and O–H groups in total. The number of hydrogen-bond donors (Lipinski definition) is 0. The van der Waals surface area contributed by atoms with Gasteiger partial charge in [-0.3, -0.25) is 14.5 Å². The number of amides is 2. The van der Waals surface area contributed by atoms with Gasteiger partial charge in [-0.15, -0.1) is 6.58 Å². The van der Waals surface area contributed by atoms with Gasteiger partial charge in [0.05, 0.1) is 0 Å². The molecule has 15 heavy (non-hydrogen) atoms. The van der Waals surface area contributed by atoms with Crippen molar-refractivity contribution in [3.63, 3.8) is 0 Å². The number of hydrogen-bond acceptors (Lipinski definition) is 2. The van der Waals surface area contributed by atoms with Crippen molar-refractivity contribution in [1.82, 2.24) is 4.90 Å². The van der Waals surface area contributed by atoms with Gasteiger partial charge in [-0.2, -0.15) is 0 Å². The molecule has 0 unspecified atom stereocenters. The van der Waals surface area contributed by atoms with Crippen LogP contribution in [0.1, 0.15) is 38.5 Å². The Morgan fingerprint density at radius 3 is 2.33 bits per heavy atom. The Hall–Kier alpha value is -1.12. The van der Waals surface area contributed by atoms with Crippen molar-refractivity contribution in [2.24, 2.45) is 5.92 Å². The monoisotopic (exact) mass is 207 g/mol. The van der Waals surface area contributed by atoms with E-state index >= 15 is 0 Å². The quantitative estimate of drug-likeness (QED) is 0.512. The zero-order valence-corrected chi connectivity index (χ0v) is 8.95. The van der Waals surface area contributed by atoms with E-state index in [0.717, 1.165) is 19.3 Å². The number of likely N-dealkylation sites (tertiary alicyclic amines) is 1. The zero-order chi connectivity index (χ0) is 10.8. The summed E-state index contributed by atoms with van der Waals surface area (Å²) in [5.74, 6) is 0.335. The van der Waals surface area contributed by atoms with Gasteiger partial charge in [-0.25, -0.2) is 0 Å². The summed E-state index contributed by atoms with van der Waals surface area (Å²) in [5.41, 5.74) is 0. The molecule has 0 radical (unpaired) electrons. The minimum absolute atomic E-state index is 0.0127. The highest BCUT2D eigenvalue weighted by molar-refractivity contribution is 6.02. The van der Waals surface area contributed by atoms with E-state index in [1.54, 1.807) is 0 Å². The largest absolute Gasteiger partial charge is 0.279 e. The molecule has 2 aliphatic rings. The molecule has 0 aromatic heterocycles. The molecule has 82 valence electrons. The third kappa shape index (κ3) is 1.83. The van der Waals surface area contributed by atoms with Crippen LogP contribution in [0.25, 0.3) is 0 Å². The topological polar surface area (TPSA) is 37.4 Å². The summed E-state index contributed by atoms with van der Waals surface area (Å²) in [6.45, 7) is 3.81. The van der Waals surface area contributed by atoms with Crippen LogP contribution in [0.2, 0.25) is 0 Å². The van der Waals surface area contributed by atoms with Crippen LogP contribution in [0.5, 0.6) is 0 Å². The maximum Gasteiger partial charge on any atom is 0.229 e. The van der Waals surface area contributed by atoms with Crippen LogP contribution in [0.3, 0.4) is 0 Å². The molecule has 1 aliphatic carbocycles. The second-order valence-corrected chi connectivity index (χ2v) is 4.41. The first kappa shape index (κ1) is 10.4. The summed E-state index contributed by atoms with van der Waals surface area (Å²) < 4.78 is 0. The smallest absolute Gasteiger partial charge is 0.229 e. The molecule has 2 rings (SSSR count). The van der Waals surface area contributed by atoms with Crippen molar-refractivity contribution in [3.05, 3.63) is 12.7 Å². The predicted octanol–water partition coefficient (Wildman–Crippen LogP) is 1.88. The average Bonchev–Trinajstić information content (AvgIpc) is 2.59. The SMILES string of the molecule is C=C[C@H]1CCCC[C@H]1N1C(=O)CCC1=O. The van der Waals surface area contributed by atoms with Gasteiger partial charge in [0.25, 0.3) is 0 Å². The van der Waals surface area contributed by atoms with Crippen LogP contribution in [0.4, 0.5) is 0 Å². The molecule has 1 aliphatic heterocycles. The third-order valence-corrected chi connectivity index (χ3v) is 3.51. The maximum absolute atomic E-state index is 11.6. The highest BCUT2D eigenvalue weighted by atomic mass is 16.2. The summed E-state index contributed by atoms with van der Waals surface area (Å²) in [4.78, 5) is 24.7. The summed E-state index contributed by atoms with van der Waals surface area (Å²) in [5, 5.41) is 0. The van der Waals surface area contributed by atoms with Crippen molar-refractivity contribution in [1.29, 1.82) is 0 Å². The number of carbonyl (C=O) groups is 2. The fourth-order valence-corrected chi connectivity index (χ4v) is 2.70. The highest BCUT2D eigenvalue weighted by Gasteiger charge is 2.38. The van der Waals surface area contributed by atoms with E-state index in [2.05, 4.69) is 6.58 Å².